The van der Waals surface area contributed by atoms with Gasteiger partial charge in [-0.25, -0.2) is 0 Å². The third kappa shape index (κ3) is 6.10. The molecule has 1 aliphatic rings. The Kier molecular flexibility index (Phi) is 7.32. The van der Waals surface area contributed by atoms with Gasteiger partial charge in [0.1, 0.15) is 0 Å². The highest BCUT2D eigenvalue weighted by Crippen LogP contribution is 2.31. The molecule has 0 nitrogen and oxygen atoms in total. The predicted octanol–water partition coefficient (Wildman–Crippen LogP) is 5.90. The summed E-state index contributed by atoms with van der Waals surface area (Å²) in [5, 5.41) is 0. The molecule has 2 atom stereocenters. The van der Waals surface area contributed by atoms with Crippen molar-refractivity contribution >= 4 is 0 Å². The Balaban J connectivity index is 2.05. The second-order valence-corrected chi connectivity index (χ2v) is 5.84. The van der Waals surface area contributed by atoms with E-state index in [1.807, 2.05) is 6.08 Å². The van der Waals surface area contributed by atoms with Gasteiger partial charge in [0.2, 0.25) is 0 Å². The van der Waals surface area contributed by atoms with Crippen LogP contribution >= 0.6 is 0 Å². The lowest BCUT2D eigenvalue weighted by atomic mass is 9.79. The average molecular weight is 234 g/mol. The molecule has 1 aliphatic carbocycles. The van der Waals surface area contributed by atoms with Crippen LogP contribution in [-0.2, 0) is 0 Å². The molecule has 0 amide bonds. The second-order valence-electron chi connectivity index (χ2n) is 5.84. The Labute approximate surface area is 108 Å². The van der Waals surface area contributed by atoms with Crippen molar-refractivity contribution < 1.29 is 0 Å². The lowest BCUT2D eigenvalue weighted by Gasteiger charge is -2.26. The van der Waals surface area contributed by atoms with Gasteiger partial charge in [-0.1, -0.05) is 50.3 Å². The van der Waals surface area contributed by atoms with Crippen LogP contribution in [0.15, 0.2) is 24.3 Å². The van der Waals surface area contributed by atoms with E-state index in [0.29, 0.717) is 0 Å². The van der Waals surface area contributed by atoms with Crippen molar-refractivity contribution in [2.24, 2.45) is 11.8 Å². The summed E-state index contributed by atoms with van der Waals surface area (Å²) >= 11 is 0. The largest absolute Gasteiger partial charge is 0.103 e. The van der Waals surface area contributed by atoms with Crippen LogP contribution in [0.25, 0.3) is 0 Å². The molecule has 0 aromatic rings. The molecule has 0 saturated heterocycles. The van der Waals surface area contributed by atoms with E-state index in [0.717, 1.165) is 11.8 Å². The minimum atomic E-state index is 0.929. The maximum absolute atomic E-state index is 3.77. The highest BCUT2D eigenvalue weighted by atomic mass is 14.2. The van der Waals surface area contributed by atoms with Crippen molar-refractivity contribution in [3.8, 4) is 0 Å². The summed E-state index contributed by atoms with van der Waals surface area (Å²) in [7, 11) is 0. The van der Waals surface area contributed by atoms with E-state index in [2.05, 4.69) is 26.5 Å². The lowest BCUT2D eigenvalue weighted by Crippen LogP contribution is -2.14. The topological polar surface area (TPSA) is 0 Å². The Morgan fingerprint density at radius 3 is 2.76 bits per heavy atom. The molecule has 0 N–H and O–H groups in total. The van der Waals surface area contributed by atoms with Crippen LogP contribution in [0.4, 0.5) is 0 Å². The summed E-state index contributed by atoms with van der Waals surface area (Å²) in [6.45, 7) is 8.51. The Morgan fingerprint density at radius 1 is 1.35 bits per heavy atom. The van der Waals surface area contributed by atoms with E-state index in [1.54, 1.807) is 5.57 Å². The molecule has 0 spiro atoms. The van der Waals surface area contributed by atoms with E-state index in [-0.39, 0.29) is 0 Å². The molecule has 0 aromatic heterocycles. The summed E-state index contributed by atoms with van der Waals surface area (Å²) in [5.74, 6) is 1.89. The maximum atomic E-state index is 3.77. The zero-order valence-corrected chi connectivity index (χ0v) is 11.9. The van der Waals surface area contributed by atoms with Gasteiger partial charge in [0.05, 0.1) is 0 Å². The van der Waals surface area contributed by atoms with Crippen LogP contribution in [0.2, 0.25) is 0 Å². The first kappa shape index (κ1) is 14.5. The summed E-state index contributed by atoms with van der Waals surface area (Å²) in [4.78, 5) is 0. The van der Waals surface area contributed by atoms with Crippen molar-refractivity contribution in [3.63, 3.8) is 0 Å². The molecule has 0 radical (unpaired) electrons. The number of hydrogen-bond donors (Lipinski definition) is 0. The van der Waals surface area contributed by atoms with Crippen molar-refractivity contribution in [1.82, 2.24) is 0 Å². The summed E-state index contributed by atoms with van der Waals surface area (Å²) < 4.78 is 0. The number of allylic oxidation sites excluding steroid dienone is 3. The van der Waals surface area contributed by atoms with Crippen molar-refractivity contribution in [1.29, 1.82) is 0 Å². The molecule has 1 rings (SSSR count). The van der Waals surface area contributed by atoms with E-state index < -0.39 is 0 Å². The molecule has 98 valence electrons. The first-order valence-corrected chi connectivity index (χ1v) is 7.50. The Morgan fingerprint density at radius 2 is 2.12 bits per heavy atom. The molecule has 17 heavy (non-hydrogen) atoms. The molecule has 0 heteroatoms. The van der Waals surface area contributed by atoms with E-state index in [4.69, 9.17) is 0 Å². The van der Waals surface area contributed by atoms with Crippen molar-refractivity contribution in [3.05, 3.63) is 24.3 Å². The minimum Gasteiger partial charge on any atom is -0.103 e. The first-order valence-electron chi connectivity index (χ1n) is 7.50. The monoisotopic (exact) mass is 234 g/mol. The Hall–Kier alpha value is -0.520. The normalized spacial score (nSPS) is 22.0. The van der Waals surface area contributed by atoms with Crippen LogP contribution in [0, 0.1) is 11.8 Å². The third-order valence-corrected chi connectivity index (χ3v) is 4.30. The number of hydrogen-bond acceptors (Lipinski definition) is 0. The van der Waals surface area contributed by atoms with Crippen LogP contribution in [-0.4, -0.2) is 0 Å². The standard InChI is InChI=1S/C17H30/c1-4-5-6-7-8-9-10-16(3)17-13-11-15(2)12-14-17/h4,11,16-17H,1,5-10,12-14H2,2-3H3. The number of rotatable bonds is 8. The van der Waals surface area contributed by atoms with Crippen LogP contribution < -0.4 is 0 Å². The fourth-order valence-corrected chi connectivity index (χ4v) is 2.85. The van der Waals surface area contributed by atoms with E-state index >= 15 is 0 Å². The quantitative estimate of drug-likeness (QED) is 0.362. The van der Waals surface area contributed by atoms with Gasteiger partial charge in [0.25, 0.3) is 0 Å². The van der Waals surface area contributed by atoms with Gasteiger partial charge in [-0.05, 0) is 50.9 Å². The first-order chi connectivity index (χ1) is 8.24. The van der Waals surface area contributed by atoms with Gasteiger partial charge in [-0.2, -0.15) is 0 Å². The molecule has 0 aromatic carbocycles. The number of unbranched alkanes of at least 4 members (excludes halogenated alkanes) is 4. The van der Waals surface area contributed by atoms with Gasteiger partial charge in [0, 0.05) is 0 Å². The molecular formula is C17H30. The van der Waals surface area contributed by atoms with Crippen LogP contribution in [0.3, 0.4) is 0 Å². The molecule has 2 unspecified atom stereocenters. The van der Waals surface area contributed by atoms with Gasteiger partial charge in [-0.15, -0.1) is 6.58 Å². The molecule has 0 aliphatic heterocycles. The molecular weight excluding hydrogens is 204 g/mol. The fraction of sp³-hybridized carbons (Fsp3) is 0.765. The summed E-state index contributed by atoms with van der Waals surface area (Å²) in [5.41, 5.74) is 1.61. The van der Waals surface area contributed by atoms with Crippen LogP contribution in [0.5, 0.6) is 0 Å². The summed E-state index contributed by atoms with van der Waals surface area (Å²) in [6.07, 6.45) is 16.8. The predicted molar refractivity (Wildman–Crippen MR) is 78.2 cm³/mol. The Bertz CT molecular complexity index is 236. The molecule has 0 heterocycles. The fourth-order valence-electron chi connectivity index (χ4n) is 2.85. The maximum Gasteiger partial charge on any atom is -0.0317 e. The molecule has 0 fully saturated rings. The second kappa shape index (κ2) is 8.55. The van der Waals surface area contributed by atoms with Gasteiger partial charge < -0.3 is 0 Å². The average Bonchev–Trinajstić information content (AvgIpc) is 2.34. The minimum absolute atomic E-state index is 0.929. The van der Waals surface area contributed by atoms with Gasteiger partial charge >= 0.3 is 0 Å². The zero-order valence-electron chi connectivity index (χ0n) is 11.9. The zero-order chi connectivity index (χ0) is 12.5. The van der Waals surface area contributed by atoms with E-state index in [9.17, 15) is 0 Å². The van der Waals surface area contributed by atoms with Gasteiger partial charge in [0.15, 0.2) is 0 Å². The highest BCUT2D eigenvalue weighted by Gasteiger charge is 2.18. The molecule has 0 bridgehead atoms. The van der Waals surface area contributed by atoms with E-state index in [1.165, 1.54) is 57.8 Å². The van der Waals surface area contributed by atoms with Crippen molar-refractivity contribution in [2.75, 3.05) is 0 Å². The summed E-state index contributed by atoms with van der Waals surface area (Å²) in [6, 6.07) is 0. The van der Waals surface area contributed by atoms with Crippen molar-refractivity contribution in [2.45, 2.75) is 71.6 Å². The van der Waals surface area contributed by atoms with Crippen LogP contribution in [0.1, 0.15) is 71.6 Å². The third-order valence-electron chi connectivity index (χ3n) is 4.30. The lowest BCUT2D eigenvalue weighted by molar-refractivity contribution is 0.302. The molecule has 0 saturated carbocycles. The SMILES string of the molecule is C=CCCCCCCC(C)C1CC=C(C)CC1. The van der Waals surface area contributed by atoms with Gasteiger partial charge in [-0.3, -0.25) is 0 Å². The smallest absolute Gasteiger partial charge is 0.0317 e. The highest BCUT2D eigenvalue weighted by molar-refractivity contribution is 5.03.